The molecule has 0 aliphatic carbocycles. The van der Waals surface area contributed by atoms with Crippen molar-refractivity contribution in [1.29, 1.82) is 0 Å². The lowest BCUT2D eigenvalue weighted by Crippen LogP contribution is -2.36. The van der Waals surface area contributed by atoms with E-state index >= 15 is 0 Å². The van der Waals surface area contributed by atoms with Gasteiger partial charge in [-0.05, 0) is 37.0 Å². The van der Waals surface area contributed by atoms with E-state index in [-0.39, 0.29) is 0 Å². The Morgan fingerprint density at radius 1 is 1.47 bits per heavy atom. The van der Waals surface area contributed by atoms with Gasteiger partial charge < -0.3 is 15.7 Å². The molecule has 82 valence electrons. The fraction of sp³-hybridized carbons (Fsp3) is 0.500. The molecular formula is C12H18N2O. The number of hydrogen-bond acceptors (Lipinski definition) is 3. The number of piperidine rings is 1. The van der Waals surface area contributed by atoms with Gasteiger partial charge in [-0.25, -0.2) is 0 Å². The van der Waals surface area contributed by atoms with Gasteiger partial charge in [0.2, 0.25) is 0 Å². The number of nitrogens with zero attached hydrogens (tertiary/aromatic N) is 1. The summed E-state index contributed by atoms with van der Waals surface area (Å²) in [6.45, 7) is 2.30. The first kappa shape index (κ1) is 10.3. The second-order valence-corrected chi connectivity index (χ2v) is 4.23. The SMILES string of the molecule is Nc1cccc(N2CCCC(CO)C2)c1. The average molecular weight is 206 g/mol. The van der Waals surface area contributed by atoms with E-state index in [0.29, 0.717) is 12.5 Å². The molecule has 0 amide bonds. The van der Waals surface area contributed by atoms with Crippen molar-refractivity contribution in [2.45, 2.75) is 12.8 Å². The van der Waals surface area contributed by atoms with Crippen molar-refractivity contribution in [1.82, 2.24) is 0 Å². The number of benzene rings is 1. The number of rotatable bonds is 2. The molecule has 1 fully saturated rings. The number of aliphatic hydroxyl groups is 1. The van der Waals surface area contributed by atoms with E-state index in [9.17, 15) is 0 Å². The minimum Gasteiger partial charge on any atom is -0.399 e. The lowest BCUT2D eigenvalue weighted by Gasteiger charge is -2.33. The van der Waals surface area contributed by atoms with E-state index in [0.717, 1.165) is 31.6 Å². The molecule has 1 aliphatic rings. The van der Waals surface area contributed by atoms with Crippen molar-refractivity contribution in [2.24, 2.45) is 5.92 Å². The lowest BCUT2D eigenvalue weighted by molar-refractivity contribution is 0.209. The number of anilines is 2. The highest BCUT2D eigenvalue weighted by Crippen LogP contribution is 2.24. The van der Waals surface area contributed by atoms with Crippen molar-refractivity contribution in [2.75, 3.05) is 30.3 Å². The van der Waals surface area contributed by atoms with E-state index < -0.39 is 0 Å². The van der Waals surface area contributed by atoms with Crippen LogP contribution in [0.5, 0.6) is 0 Å². The summed E-state index contributed by atoms with van der Waals surface area (Å²) in [6, 6.07) is 7.96. The summed E-state index contributed by atoms with van der Waals surface area (Å²) in [6.07, 6.45) is 2.29. The first-order valence-corrected chi connectivity index (χ1v) is 5.51. The maximum atomic E-state index is 9.16. The van der Waals surface area contributed by atoms with Gasteiger partial charge in [0, 0.05) is 31.1 Å². The van der Waals surface area contributed by atoms with Gasteiger partial charge >= 0.3 is 0 Å². The molecule has 0 aromatic heterocycles. The molecular weight excluding hydrogens is 188 g/mol. The number of nitrogen functional groups attached to an aromatic ring is 1. The van der Waals surface area contributed by atoms with Crippen LogP contribution in [0.2, 0.25) is 0 Å². The van der Waals surface area contributed by atoms with Crippen LogP contribution in [-0.2, 0) is 0 Å². The fourth-order valence-corrected chi connectivity index (χ4v) is 2.17. The average Bonchev–Trinajstić information content (AvgIpc) is 2.29. The second kappa shape index (κ2) is 4.53. The Morgan fingerprint density at radius 2 is 2.33 bits per heavy atom. The molecule has 3 nitrogen and oxygen atoms in total. The van der Waals surface area contributed by atoms with Crippen LogP contribution in [-0.4, -0.2) is 24.8 Å². The van der Waals surface area contributed by atoms with Gasteiger partial charge in [-0.3, -0.25) is 0 Å². The monoisotopic (exact) mass is 206 g/mol. The Kier molecular flexibility index (Phi) is 3.11. The van der Waals surface area contributed by atoms with Crippen LogP contribution in [0.3, 0.4) is 0 Å². The molecule has 1 aromatic carbocycles. The molecule has 1 heterocycles. The van der Waals surface area contributed by atoms with Gasteiger partial charge in [-0.15, -0.1) is 0 Å². The molecule has 3 heteroatoms. The predicted molar refractivity (Wildman–Crippen MR) is 62.9 cm³/mol. The summed E-state index contributed by atoms with van der Waals surface area (Å²) in [5.74, 6) is 0.417. The molecule has 15 heavy (non-hydrogen) atoms. The zero-order chi connectivity index (χ0) is 10.7. The highest BCUT2D eigenvalue weighted by molar-refractivity contribution is 5.56. The molecule has 0 saturated carbocycles. The zero-order valence-corrected chi connectivity index (χ0v) is 8.89. The van der Waals surface area contributed by atoms with Crippen molar-refractivity contribution in [3.05, 3.63) is 24.3 Å². The Balaban J connectivity index is 2.09. The van der Waals surface area contributed by atoms with Crippen LogP contribution in [0.15, 0.2) is 24.3 Å². The highest BCUT2D eigenvalue weighted by Gasteiger charge is 2.19. The van der Waals surface area contributed by atoms with E-state index in [1.165, 1.54) is 5.69 Å². The van der Waals surface area contributed by atoms with Crippen molar-refractivity contribution in [3.8, 4) is 0 Å². The fourth-order valence-electron chi connectivity index (χ4n) is 2.17. The van der Waals surface area contributed by atoms with Crippen LogP contribution in [0.4, 0.5) is 11.4 Å². The Bertz CT molecular complexity index is 327. The molecule has 0 spiro atoms. The molecule has 2 rings (SSSR count). The topological polar surface area (TPSA) is 49.5 Å². The highest BCUT2D eigenvalue weighted by atomic mass is 16.3. The Hall–Kier alpha value is -1.22. The number of nitrogens with two attached hydrogens (primary N) is 1. The van der Waals surface area contributed by atoms with Gasteiger partial charge in [0.05, 0.1) is 0 Å². The quantitative estimate of drug-likeness (QED) is 0.721. The molecule has 0 bridgehead atoms. The molecule has 1 atom stereocenters. The summed E-state index contributed by atoms with van der Waals surface area (Å²) < 4.78 is 0. The molecule has 1 unspecified atom stereocenters. The summed E-state index contributed by atoms with van der Waals surface area (Å²) in [5.41, 5.74) is 7.73. The predicted octanol–water partition coefficient (Wildman–Crippen LogP) is 1.48. The minimum absolute atomic E-state index is 0.290. The van der Waals surface area contributed by atoms with Crippen molar-refractivity contribution >= 4 is 11.4 Å². The van der Waals surface area contributed by atoms with Crippen molar-refractivity contribution < 1.29 is 5.11 Å². The summed E-state index contributed by atoms with van der Waals surface area (Å²) >= 11 is 0. The van der Waals surface area contributed by atoms with Crippen LogP contribution in [0.1, 0.15) is 12.8 Å². The molecule has 0 radical (unpaired) electrons. The second-order valence-electron chi connectivity index (χ2n) is 4.23. The molecule has 3 N–H and O–H groups in total. The van der Waals surface area contributed by atoms with Crippen LogP contribution in [0.25, 0.3) is 0 Å². The van der Waals surface area contributed by atoms with Crippen molar-refractivity contribution in [3.63, 3.8) is 0 Å². The third-order valence-corrected chi connectivity index (χ3v) is 3.01. The van der Waals surface area contributed by atoms with Crippen LogP contribution in [0, 0.1) is 5.92 Å². The first-order valence-electron chi connectivity index (χ1n) is 5.51. The van der Waals surface area contributed by atoms with E-state index in [1.807, 2.05) is 18.2 Å². The third-order valence-electron chi connectivity index (χ3n) is 3.01. The van der Waals surface area contributed by atoms with Gasteiger partial charge in [0.25, 0.3) is 0 Å². The van der Waals surface area contributed by atoms with Gasteiger partial charge in [-0.2, -0.15) is 0 Å². The summed E-state index contributed by atoms with van der Waals surface area (Å²) in [7, 11) is 0. The Morgan fingerprint density at radius 3 is 3.07 bits per heavy atom. The molecule has 1 saturated heterocycles. The van der Waals surface area contributed by atoms with Gasteiger partial charge in [0.15, 0.2) is 0 Å². The normalized spacial score (nSPS) is 21.7. The zero-order valence-electron chi connectivity index (χ0n) is 8.89. The summed E-state index contributed by atoms with van der Waals surface area (Å²) in [5, 5.41) is 9.16. The maximum Gasteiger partial charge on any atom is 0.0476 e. The molecule has 1 aromatic rings. The van der Waals surface area contributed by atoms with E-state index in [1.54, 1.807) is 0 Å². The standard InChI is InChI=1S/C12H18N2O/c13-11-4-1-5-12(7-11)14-6-2-3-10(8-14)9-15/h1,4-5,7,10,15H,2-3,6,8-9,13H2. The van der Waals surface area contributed by atoms with E-state index in [4.69, 9.17) is 10.8 Å². The first-order chi connectivity index (χ1) is 7.29. The largest absolute Gasteiger partial charge is 0.399 e. The van der Waals surface area contributed by atoms with E-state index in [2.05, 4.69) is 11.0 Å². The smallest absolute Gasteiger partial charge is 0.0476 e. The third kappa shape index (κ3) is 2.42. The van der Waals surface area contributed by atoms with Gasteiger partial charge in [0.1, 0.15) is 0 Å². The van der Waals surface area contributed by atoms with Crippen LogP contribution >= 0.6 is 0 Å². The minimum atomic E-state index is 0.290. The maximum absolute atomic E-state index is 9.16. The van der Waals surface area contributed by atoms with Gasteiger partial charge in [-0.1, -0.05) is 6.07 Å². The lowest BCUT2D eigenvalue weighted by atomic mass is 9.98. The Labute approximate surface area is 90.5 Å². The van der Waals surface area contributed by atoms with Crippen LogP contribution < -0.4 is 10.6 Å². The number of aliphatic hydroxyl groups excluding tert-OH is 1. The summed E-state index contributed by atoms with van der Waals surface area (Å²) in [4.78, 5) is 2.31. The number of hydrogen-bond donors (Lipinski definition) is 2. The molecule has 1 aliphatic heterocycles.